The maximum atomic E-state index is 11.5. The first kappa shape index (κ1) is 15.0. The third-order valence-electron chi connectivity index (χ3n) is 4.26. The fourth-order valence-corrected chi connectivity index (χ4v) is 3.63. The van der Waals surface area contributed by atoms with Crippen LogP contribution in [0.2, 0.25) is 0 Å². The Balaban J connectivity index is 1.84. The van der Waals surface area contributed by atoms with Gasteiger partial charge in [0, 0.05) is 34.8 Å². The van der Waals surface area contributed by atoms with E-state index in [1.165, 1.54) is 6.07 Å². The standard InChI is InChI=1S/C17H16N3O3P/c18-15-3-1-2-13-10(9-20-17(13)15)6-11-8-19-16-5-4-12(7-14(11)16)24(21,22)23/h1-8,19-20H,9,18H2,(H2,21,22,23). The highest BCUT2D eigenvalue weighted by molar-refractivity contribution is 7.60. The molecular formula is C17H16N3O3P. The molecule has 1 aromatic heterocycles. The molecular weight excluding hydrogens is 325 g/mol. The third kappa shape index (κ3) is 2.41. The van der Waals surface area contributed by atoms with Crippen LogP contribution in [0.5, 0.6) is 0 Å². The summed E-state index contributed by atoms with van der Waals surface area (Å²) in [6.45, 7) is 0.661. The number of anilines is 2. The van der Waals surface area contributed by atoms with Crippen LogP contribution >= 0.6 is 7.60 Å². The zero-order chi connectivity index (χ0) is 16.9. The predicted octanol–water partition coefficient (Wildman–Crippen LogP) is 2.52. The quantitative estimate of drug-likeness (QED) is 0.363. The van der Waals surface area contributed by atoms with Crippen molar-refractivity contribution in [2.24, 2.45) is 0 Å². The molecule has 2 aromatic carbocycles. The molecule has 0 spiro atoms. The van der Waals surface area contributed by atoms with E-state index < -0.39 is 7.60 Å². The molecule has 0 saturated carbocycles. The van der Waals surface area contributed by atoms with Crippen LogP contribution in [0.4, 0.5) is 11.4 Å². The highest BCUT2D eigenvalue weighted by Gasteiger charge is 2.20. The average Bonchev–Trinajstić information content (AvgIpc) is 3.12. The Hall–Kier alpha value is -2.53. The smallest absolute Gasteiger partial charge is 0.356 e. The fourth-order valence-electron chi connectivity index (χ4n) is 3.06. The van der Waals surface area contributed by atoms with E-state index in [1.807, 2.05) is 30.5 Å². The molecule has 0 bridgehead atoms. The van der Waals surface area contributed by atoms with E-state index in [1.54, 1.807) is 12.1 Å². The van der Waals surface area contributed by atoms with E-state index in [0.717, 1.165) is 33.3 Å². The summed E-state index contributed by atoms with van der Waals surface area (Å²) < 4.78 is 11.5. The molecule has 7 heteroatoms. The van der Waals surface area contributed by atoms with Gasteiger partial charge >= 0.3 is 7.60 Å². The summed E-state index contributed by atoms with van der Waals surface area (Å²) in [5, 5.41) is 4.08. The van der Waals surface area contributed by atoms with Gasteiger partial charge in [-0.3, -0.25) is 4.57 Å². The number of aromatic amines is 1. The van der Waals surface area contributed by atoms with Crippen molar-refractivity contribution in [3.63, 3.8) is 0 Å². The number of fused-ring (bicyclic) bond motifs is 2. The van der Waals surface area contributed by atoms with Gasteiger partial charge in [-0.1, -0.05) is 12.1 Å². The second-order valence-electron chi connectivity index (χ2n) is 5.81. The highest BCUT2D eigenvalue weighted by Crippen LogP contribution is 2.38. The largest absolute Gasteiger partial charge is 0.397 e. The highest BCUT2D eigenvalue weighted by atomic mass is 31.2. The fraction of sp³-hybridized carbons (Fsp3) is 0.0588. The van der Waals surface area contributed by atoms with E-state index in [4.69, 9.17) is 5.73 Å². The summed E-state index contributed by atoms with van der Waals surface area (Å²) in [5.74, 6) is 0. The topological polar surface area (TPSA) is 111 Å². The molecule has 1 aliphatic heterocycles. The molecule has 1 aliphatic rings. The Morgan fingerprint density at radius 3 is 2.83 bits per heavy atom. The Kier molecular flexibility index (Phi) is 3.28. The summed E-state index contributed by atoms with van der Waals surface area (Å²) in [4.78, 5) is 21.9. The Morgan fingerprint density at radius 2 is 2.04 bits per heavy atom. The van der Waals surface area contributed by atoms with Crippen molar-refractivity contribution in [2.45, 2.75) is 0 Å². The number of aromatic nitrogens is 1. The molecule has 0 unspecified atom stereocenters. The minimum absolute atomic E-state index is 0.0171. The van der Waals surface area contributed by atoms with Crippen LogP contribution in [-0.2, 0) is 4.57 Å². The van der Waals surface area contributed by atoms with E-state index in [-0.39, 0.29) is 5.30 Å². The summed E-state index contributed by atoms with van der Waals surface area (Å²) in [6.07, 6.45) is 3.85. The lowest BCUT2D eigenvalue weighted by molar-refractivity contribution is 0.387. The van der Waals surface area contributed by atoms with Crippen molar-refractivity contribution in [1.29, 1.82) is 0 Å². The summed E-state index contributed by atoms with van der Waals surface area (Å²) >= 11 is 0. The number of benzene rings is 2. The van der Waals surface area contributed by atoms with Gasteiger partial charge in [0.1, 0.15) is 0 Å². The summed E-state index contributed by atoms with van der Waals surface area (Å²) in [6, 6.07) is 10.5. The van der Waals surface area contributed by atoms with Gasteiger partial charge < -0.3 is 25.8 Å². The molecule has 3 aromatic rings. The van der Waals surface area contributed by atoms with E-state index >= 15 is 0 Å². The van der Waals surface area contributed by atoms with Crippen LogP contribution in [0.25, 0.3) is 22.6 Å². The van der Waals surface area contributed by atoms with Crippen molar-refractivity contribution in [1.82, 2.24) is 4.98 Å². The number of hydrogen-bond donors (Lipinski definition) is 5. The maximum Gasteiger partial charge on any atom is 0.356 e. The van der Waals surface area contributed by atoms with E-state index in [9.17, 15) is 14.4 Å². The first-order valence-corrected chi connectivity index (χ1v) is 9.05. The van der Waals surface area contributed by atoms with Crippen molar-refractivity contribution < 1.29 is 14.4 Å². The van der Waals surface area contributed by atoms with Crippen molar-refractivity contribution >= 4 is 46.8 Å². The van der Waals surface area contributed by atoms with Gasteiger partial charge in [-0.2, -0.15) is 0 Å². The van der Waals surface area contributed by atoms with Gasteiger partial charge in [-0.05, 0) is 35.9 Å². The Bertz CT molecular complexity index is 1030. The van der Waals surface area contributed by atoms with Crippen LogP contribution in [0.15, 0.2) is 42.6 Å². The number of nitrogens with two attached hydrogens (primary N) is 1. The number of para-hydroxylation sites is 1. The van der Waals surface area contributed by atoms with Crippen molar-refractivity contribution in [2.75, 3.05) is 17.6 Å². The number of hydrogen-bond acceptors (Lipinski definition) is 3. The zero-order valence-electron chi connectivity index (χ0n) is 12.7. The molecule has 0 radical (unpaired) electrons. The van der Waals surface area contributed by atoms with Crippen LogP contribution in [0, 0.1) is 0 Å². The summed E-state index contributed by atoms with van der Waals surface area (Å²) in [5.41, 5.74) is 11.5. The molecule has 24 heavy (non-hydrogen) atoms. The van der Waals surface area contributed by atoms with Crippen molar-refractivity contribution in [3.8, 4) is 0 Å². The molecule has 0 saturated heterocycles. The predicted molar refractivity (Wildman–Crippen MR) is 97.2 cm³/mol. The molecule has 2 heterocycles. The number of H-pyrrole nitrogens is 1. The van der Waals surface area contributed by atoms with E-state index in [0.29, 0.717) is 12.2 Å². The first-order valence-electron chi connectivity index (χ1n) is 7.44. The normalized spacial score (nSPS) is 15.7. The molecule has 0 atom stereocenters. The maximum absolute atomic E-state index is 11.5. The van der Waals surface area contributed by atoms with Gasteiger partial charge in [0.15, 0.2) is 0 Å². The molecule has 0 aliphatic carbocycles. The van der Waals surface area contributed by atoms with Gasteiger partial charge in [0.25, 0.3) is 0 Å². The average molecular weight is 341 g/mol. The Morgan fingerprint density at radius 1 is 1.21 bits per heavy atom. The van der Waals surface area contributed by atoms with Gasteiger partial charge in [-0.15, -0.1) is 0 Å². The lowest BCUT2D eigenvalue weighted by atomic mass is 10.0. The molecule has 0 fully saturated rings. The number of nitrogen functional groups attached to an aromatic ring is 1. The summed E-state index contributed by atoms with van der Waals surface area (Å²) in [7, 11) is -4.28. The Labute approximate surface area is 138 Å². The van der Waals surface area contributed by atoms with Gasteiger partial charge in [-0.25, -0.2) is 0 Å². The second-order valence-corrected chi connectivity index (χ2v) is 7.42. The van der Waals surface area contributed by atoms with Crippen LogP contribution in [0.1, 0.15) is 11.1 Å². The lowest BCUT2D eigenvalue weighted by Gasteiger charge is -2.04. The second kappa shape index (κ2) is 5.24. The molecule has 122 valence electrons. The van der Waals surface area contributed by atoms with Crippen LogP contribution < -0.4 is 16.4 Å². The van der Waals surface area contributed by atoms with Crippen LogP contribution in [-0.4, -0.2) is 21.3 Å². The molecule has 4 rings (SSSR count). The van der Waals surface area contributed by atoms with Crippen molar-refractivity contribution in [3.05, 3.63) is 53.7 Å². The van der Waals surface area contributed by atoms with Gasteiger partial charge in [0.2, 0.25) is 0 Å². The SMILES string of the molecule is Nc1cccc2c1NCC2=Cc1c[nH]c2ccc(P(=O)(O)O)cc12. The minimum atomic E-state index is -4.28. The van der Waals surface area contributed by atoms with Crippen LogP contribution in [0.3, 0.4) is 0 Å². The monoisotopic (exact) mass is 341 g/mol. The molecule has 6 N–H and O–H groups in total. The zero-order valence-corrected chi connectivity index (χ0v) is 13.5. The minimum Gasteiger partial charge on any atom is -0.397 e. The van der Waals surface area contributed by atoms with E-state index in [2.05, 4.69) is 10.3 Å². The number of nitrogens with one attached hydrogen (secondary N) is 2. The lowest BCUT2D eigenvalue weighted by Crippen LogP contribution is -2.02. The third-order valence-corrected chi connectivity index (χ3v) is 5.21. The number of rotatable bonds is 2. The molecule has 0 amide bonds. The first-order chi connectivity index (χ1) is 11.4. The van der Waals surface area contributed by atoms with Gasteiger partial charge in [0.05, 0.1) is 16.7 Å². The molecule has 6 nitrogen and oxygen atoms in total.